The molecule has 0 radical (unpaired) electrons. The van der Waals surface area contributed by atoms with Gasteiger partial charge in [-0.1, -0.05) is 0 Å². The molecule has 1 aromatic rings. The Labute approximate surface area is 103 Å². The van der Waals surface area contributed by atoms with Gasteiger partial charge < -0.3 is 14.9 Å². The largest absolute Gasteiger partial charge is 0.867 e. The summed E-state index contributed by atoms with van der Waals surface area (Å²) in [4.78, 5) is 26.6. The topological polar surface area (TPSA) is 104 Å². The van der Waals surface area contributed by atoms with E-state index in [0.29, 0.717) is 19.6 Å². The van der Waals surface area contributed by atoms with Gasteiger partial charge in [0.2, 0.25) is 5.56 Å². The summed E-state index contributed by atoms with van der Waals surface area (Å²) < 4.78 is 6.74. The third-order valence-electron chi connectivity index (χ3n) is 2.86. The summed E-state index contributed by atoms with van der Waals surface area (Å²) in [7, 11) is 0. The molecule has 0 fully saturated rings. The van der Waals surface area contributed by atoms with Crippen molar-refractivity contribution >= 4 is 5.97 Å². The van der Waals surface area contributed by atoms with Gasteiger partial charge in [0.05, 0.1) is 0 Å². The summed E-state index contributed by atoms with van der Waals surface area (Å²) in [5.41, 5.74) is -2.49. The van der Waals surface area contributed by atoms with Crippen LogP contribution < -0.4 is 10.7 Å². The van der Waals surface area contributed by atoms with Crippen LogP contribution in [-0.4, -0.2) is 27.2 Å². The van der Waals surface area contributed by atoms with Crippen molar-refractivity contribution in [3.8, 4) is 5.75 Å². The van der Waals surface area contributed by atoms with E-state index >= 15 is 0 Å². The fraction of sp³-hybridized carbons (Fsp3) is 0.545. The number of nitrogens with zero attached hydrogens (tertiary/aromatic N) is 2. The first-order chi connectivity index (χ1) is 8.34. The normalized spacial score (nSPS) is 17.9. The van der Waals surface area contributed by atoms with Crippen LogP contribution in [0.5, 0.6) is 5.75 Å². The monoisotopic (exact) mass is 253 g/mol. The zero-order valence-corrected chi connectivity index (χ0v) is 10.1. The van der Waals surface area contributed by atoms with Crippen LogP contribution in [0.15, 0.2) is 4.79 Å². The Bertz CT molecular complexity index is 561. The first-order valence-corrected chi connectivity index (χ1v) is 5.54. The van der Waals surface area contributed by atoms with Gasteiger partial charge in [0.1, 0.15) is 17.1 Å². The first-order valence-electron chi connectivity index (χ1n) is 5.54. The van der Waals surface area contributed by atoms with Gasteiger partial charge in [0.15, 0.2) is 0 Å². The molecular weight excluding hydrogens is 240 g/mol. The average Bonchev–Trinajstić information content (AvgIpc) is 2.42. The van der Waals surface area contributed by atoms with Crippen molar-refractivity contribution in [3.63, 3.8) is 0 Å². The van der Waals surface area contributed by atoms with Crippen LogP contribution in [0.3, 0.4) is 0 Å². The smallest absolute Gasteiger partial charge is 0.354 e. The number of fused-ring (bicyclic) bond motifs is 1. The lowest BCUT2D eigenvalue weighted by Crippen LogP contribution is -2.35. The highest BCUT2D eigenvalue weighted by atomic mass is 16.5. The molecule has 0 saturated carbocycles. The quantitative estimate of drug-likeness (QED) is 0.734. The summed E-state index contributed by atoms with van der Waals surface area (Å²) in [5.74, 6) is -2.40. The Morgan fingerprint density at radius 3 is 2.83 bits per heavy atom. The van der Waals surface area contributed by atoms with E-state index in [1.54, 1.807) is 13.8 Å². The number of hydrogen-bond acceptors (Lipinski definition) is 5. The molecule has 7 nitrogen and oxygen atoms in total. The lowest BCUT2D eigenvalue weighted by atomic mass is 10.1. The molecule has 0 saturated heterocycles. The van der Waals surface area contributed by atoms with Gasteiger partial charge in [-0.15, -0.1) is 0 Å². The van der Waals surface area contributed by atoms with Crippen molar-refractivity contribution in [3.05, 3.63) is 21.9 Å². The molecule has 0 amide bonds. The van der Waals surface area contributed by atoms with E-state index in [9.17, 15) is 14.7 Å². The number of ether oxygens (including phenoxy) is 1. The molecule has 0 aliphatic carbocycles. The number of rotatable bonds is 1. The fourth-order valence-electron chi connectivity index (χ4n) is 1.96. The predicted octanol–water partition coefficient (Wildman–Crippen LogP) is -0.330. The Hall–Kier alpha value is -1.89. The van der Waals surface area contributed by atoms with E-state index in [0.717, 1.165) is 0 Å². The van der Waals surface area contributed by atoms with Crippen LogP contribution in [0.2, 0.25) is 0 Å². The van der Waals surface area contributed by atoms with Crippen LogP contribution in [0.4, 0.5) is 0 Å². The summed E-state index contributed by atoms with van der Waals surface area (Å²) in [6, 6.07) is 0. The average molecular weight is 253 g/mol. The van der Waals surface area contributed by atoms with Gasteiger partial charge in [0.25, 0.3) is 0 Å². The zero-order valence-electron chi connectivity index (χ0n) is 10.1. The fourth-order valence-corrected chi connectivity index (χ4v) is 1.96. The molecule has 2 rings (SSSR count). The molecule has 18 heavy (non-hydrogen) atoms. The second-order valence-corrected chi connectivity index (χ2v) is 4.59. The molecule has 98 valence electrons. The van der Waals surface area contributed by atoms with E-state index in [-0.39, 0.29) is 5.82 Å². The molecule has 0 aromatic carbocycles. The molecule has 2 heterocycles. The van der Waals surface area contributed by atoms with Gasteiger partial charge in [-0.2, -0.15) is 0 Å². The number of aromatic carboxylic acids is 1. The molecule has 1 N–H and O–H groups in total. The maximum atomic E-state index is 11.9. The second-order valence-electron chi connectivity index (χ2n) is 4.59. The van der Waals surface area contributed by atoms with E-state index < -0.39 is 28.6 Å². The van der Waals surface area contributed by atoms with Crippen LogP contribution in [0.25, 0.3) is 0 Å². The van der Waals surface area contributed by atoms with Crippen molar-refractivity contribution in [1.82, 2.24) is 9.55 Å². The Balaban J connectivity index is 2.77. The zero-order chi connectivity index (χ0) is 13.5. The van der Waals surface area contributed by atoms with Crippen LogP contribution in [0.1, 0.15) is 36.6 Å². The van der Waals surface area contributed by atoms with Crippen molar-refractivity contribution in [2.24, 2.45) is 0 Å². The Morgan fingerprint density at radius 2 is 2.22 bits per heavy atom. The lowest BCUT2D eigenvalue weighted by molar-refractivity contribution is -0.272. The minimum absolute atomic E-state index is 0.182. The Kier molecular flexibility index (Phi) is 2.86. The third kappa shape index (κ3) is 1.86. The van der Waals surface area contributed by atoms with Gasteiger partial charge in [-0.05, 0) is 26.0 Å². The van der Waals surface area contributed by atoms with Gasteiger partial charge in [-0.3, -0.25) is 9.36 Å². The lowest BCUT2D eigenvalue weighted by Gasteiger charge is -2.25. The minimum atomic E-state index is -1.50. The van der Waals surface area contributed by atoms with E-state index in [1.807, 2.05) is 0 Å². The van der Waals surface area contributed by atoms with E-state index in [1.165, 1.54) is 4.57 Å². The minimum Gasteiger partial charge on any atom is -0.867 e. The molecule has 0 atom stereocenters. The predicted molar refractivity (Wildman–Crippen MR) is 58.5 cm³/mol. The molecule has 1 aliphatic heterocycles. The third-order valence-corrected chi connectivity index (χ3v) is 2.86. The summed E-state index contributed by atoms with van der Waals surface area (Å²) in [6.07, 6.45) is 0.573. The summed E-state index contributed by atoms with van der Waals surface area (Å²) in [6.45, 7) is 4.10. The number of carboxylic acids is 1. The van der Waals surface area contributed by atoms with Gasteiger partial charge in [-0.25, -0.2) is 9.78 Å². The van der Waals surface area contributed by atoms with Gasteiger partial charge >= 0.3 is 5.97 Å². The van der Waals surface area contributed by atoms with Crippen molar-refractivity contribution in [1.29, 1.82) is 0 Å². The molecule has 1 aliphatic rings. The van der Waals surface area contributed by atoms with Crippen molar-refractivity contribution < 1.29 is 19.7 Å². The highest BCUT2D eigenvalue weighted by molar-refractivity contribution is 5.88. The maximum Gasteiger partial charge on any atom is 0.354 e. The van der Waals surface area contributed by atoms with Crippen LogP contribution in [-0.2, 0) is 16.9 Å². The SMILES string of the molecule is CC1(C)OCCCn2c1nc(C(=O)O)c([O-])c2=O. The maximum absolute atomic E-state index is 11.9. The number of aromatic nitrogens is 2. The van der Waals surface area contributed by atoms with Crippen molar-refractivity contribution in [2.75, 3.05) is 6.61 Å². The van der Waals surface area contributed by atoms with Crippen LogP contribution >= 0.6 is 0 Å². The Morgan fingerprint density at radius 1 is 1.56 bits per heavy atom. The standard InChI is InChI=1S/C11H14N2O5/c1-11(2)10-12-6(9(16)17)7(14)8(15)13(10)4-3-5-18-11/h14H,3-5H2,1-2H3,(H,16,17)/p-1. The van der Waals surface area contributed by atoms with E-state index in [2.05, 4.69) is 4.98 Å². The van der Waals surface area contributed by atoms with E-state index in [4.69, 9.17) is 9.84 Å². The molecule has 0 unspecified atom stereocenters. The second kappa shape index (κ2) is 4.09. The van der Waals surface area contributed by atoms with Gasteiger partial charge in [0, 0.05) is 13.2 Å². The molecule has 1 aromatic heterocycles. The number of carboxylic acid groups (broad SMARTS) is 1. The first kappa shape index (κ1) is 12.6. The molecule has 0 spiro atoms. The highest BCUT2D eigenvalue weighted by Gasteiger charge is 2.31. The van der Waals surface area contributed by atoms with Crippen molar-refractivity contribution in [2.45, 2.75) is 32.4 Å². The summed E-state index contributed by atoms with van der Waals surface area (Å²) in [5, 5.41) is 20.5. The molecule has 0 bridgehead atoms. The number of hydrogen-bond donors (Lipinski definition) is 1. The number of carbonyl (C=O) groups is 1. The molecular formula is C11H13N2O5-. The van der Waals surface area contributed by atoms with Crippen LogP contribution in [0, 0.1) is 0 Å². The summed E-state index contributed by atoms with van der Waals surface area (Å²) >= 11 is 0. The molecule has 7 heteroatoms. The highest BCUT2D eigenvalue weighted by Crippen LogP contribution is 2.26.